The Balaban J connectivity index is 1.92. The number of rotatable bonds is 5. The van der Waals surface area contributed by atoms with E-state index in [0.29, 0.717) is 10.6 Å². The van der Waals surface area contributed by atoms with Crippen LogP contribution in [0.4, 0.5) is 0 Å². The van der Waals surface area contributed by atoms with E-state index in [0.717, 1.165) is 19.5 Å². The van der Waals surface area contributed by atoms with Crippen LogP contribution in [0.3, 0.4) is 0 Å². The topological polar surface area (TPSA) is 34.5 Å². The van der Waals surface area contributed by atoms with E-state index >= 15 is 0 Å². The highest BCUT2D eigenvalue weighted by molar-refractivity contribution is 8.16. The molecule has 3 atom stereocenters. The zero-order valence-electron chi connectivity index (χ0n) is 17.8. The summed E-state index contributed by atoms with van der Waals surface area (Å²) in [5.41, 5.74) is 5.06. The lowest BCUT2D eigenvalue weighted by Crippen LogP contribution is -2.47. The number of nitrogens with zero attached hydrogens (tertiary/aromatic N) is 2. The maximum atomic E-state index is 13.0. The third kappa shape index (κ3) is 3.33. The predicted octanol–water partition coefficient (Wildman–Crippen LogP) is 4.81. The molecule has 1 fully saturated rings. The molecular weight excluding hydrogens is 400 g/mol. The number of hydrogen-bond acceptors (Lipinski definition) is 5. The minimum absolute atomic E-state index is 0.107. The molecule has 29 heavy (non-hydrogen) atoms. The smallest absolute Gasteiger partial charge is 0.313 e. The molecule has 1 saturated heterocycles. The lowest BCUT2D eigenvalue weighted by molar-refractivity contribution is -0.144. The molecule has 0 spiro atoms. The summed E-state index contributed by atoms with van der Waals surface area (Å²) in [6.45, 7) is 4.08. The molecule has 2 aliphatic rings. The second kappa shape index (κ2) is 8.40. The first-order valence-corrected chi connectivity index (χ1v) is 12.7. The number of hydrogen-bond donors (Lipinski definition) is 0. The van der Waals surface area contributed by atoms with Crippen molar-refractivity contribution in [2.75, 3.05) is 32.7 Å². The molecule has 2 heterocycles. The summed E-state index contributed by atoms with van der Waals surface area (Å²) in [6, 6.07) is 8.82. The number of thioether (sulfide) groups is 2. The van der Waals surface area contributed by atoms with Gasteiger partial charge in [0.2, 0.25) is 0 Å². The van der Waals surface area contributed by atoms with E-state index in [-0.39, 0.29) is 17.8 Å². The minimum Gasteiger partial charge on any atom is -0.469 e. The van der Waals surface area contributed by atoms with Crippen molar-refractivity contribution in [1.82, 2.24) is 9.47 Å². The van der Waals surface area contributed by atoms with E-state index in [1.807, 2.05) is 23.5 Å². The number of para-hydroxylation sites is 1. The maximum Gasteiger partial charge on any atom is 0.313 e. The highest BCUT2D eigenvalue weighted by Gasteiger charge is 2.49. The van der Waals surface area contributed by atoms with Crippen LogP contribution in [-0.4, -0.2) is 52.7 Å². The molecule has 0 radical (unpaired) electrons. The summed E-state index contributed by atoms with van der Waals surface area (Å²) < 4.78 is 8.18. The molecule has 0 amide bonds. The zero-order chi connectivity index (χ0) is 20.7. The lowest BCUT2D eigenvalue weighted by atomic mass is 9.68. The molecule has 1 aromatic heterocycles. The van der Waals surface area contributed by atoms with Gasteiger partial charge in [-0.25, -0.2) is 0 Å². The first-order chi connectivity index (χ1) is 14.0. The van der Waals surface area contributed by atoms with Gasteiger partial charge in [0.15, 0.2) is 0 Å². The van der Waals surface area contributed by atoms with Gasteiger partial charge in [-0.3, -0.25) is 9.69 Å². The van der Waals surface area contributed by atoms with Gasteiger partial charge in [-0.15, -0.1) is 23.5 Å². The molecule has 0 saturated carbocycles. The van der Waals surface area contributed by atoms with Gasteiger partial charge in [-0.05, 0) is 37.5 Å². The van der Waals surface area contributed by atoms with Crippen LogP contribution < -0.4 is 0 Å². The van der Waals surface area contributed by atoms with Gasteiger partial charge in [-0.2, -0.15) is 0 Å². The van der Waals surface area contributed by atoms with Crippen LogP contribution in [0.25, 0.3) is 10.9 Å². The average molecular weight is 431 g/mol. The van der Waals surface area contributed by atoms with Crippen molar-refractivity contribution in [1.29, 1.82) is 0 Å². The van der Waals surface area contributed by atoms with Gasteiger partial charge in [0, 0.05) is 42.7 Å². The highest BCUT2D eigenvalue weighted by atomic mass is 32.2. The summed E-state index contributed by atoms with van der Waals surface area (Å²) in [5, 5.41) is 1.19. The monoisotopic (exact) mass is 430 g/mol. The van der Waals surface area contributed by atoms with Crippen molar-refractivity contribution < 1.29 is 9.53 Å². The second-order valence-corrected chi connectivity index (χ2v) is 10.3. The van der Waals surface area contributed by atoms with E-state index in [1.54, 1.807) is 0 Å². The quantitative estimate of drug-likeness (QED) is 0.386. The Kier molecular flexibility index (Phi) is 6.05. The predicted molar refractivity (Wildman–Crippen MR) is 125 cm³/mol. The number of likely N-dealkylation sites (tertiary alicyclic amines) is 1. The molecular formula is C23H30N2O2S2. The number of aryl methyl sites for hydroxylation is 1. The van der Waals surface area contributed by atoms with Gasteiger partial charge in [0.1, 0.15) is 0 Å². The number of carbonyl (C=O) groups excluding carboxylic acids is 1. The van der Waals surface area contributed by atoms with Gasteiger partial charge in [0.25, 0.3) is 0 Å². The van der Waals surface area contributed by atoms with Gasteiger partial charge < -0.3 is 9.30 Å². The third-order valence-electron chi connectivity index (χ3n) is 6.74. The van der Waals surface area contributed by atoms with Crippen LogP contribution in [0.2, 0.25) is 0 Å². The first-order valence-electron chi connectivity index (χ1n) is 10.1. The summed E-state index contributed by atoms with van der Waals surface area (Å²) in [5.74, 6) is -0.110. The molecule has 1 aromatic carbocycles. The molecule has 0 N–H and O–H groups in total. The van der Waals surface area contributed by atoms with Gasteiger partial charge in [-0.1, -0.05) is 29.8 Å². The Morgan fingerprint density at radius 3 is 2.69 bits per heavy atom. The Morgan fingerprint density at radius 2 is 2.03 bits per heavy atom. The fraction of sp³-hybridized carbons (Fsp3) is 0.522. The Hall–Kier alpha value is -1.37. The molecule has 4 nitrogen and oxygen atoms in total. The number of benzene rings is 1. The zero-order valence-corrected chi connectivity index (χ0v) is 19.5. The van der Waals surface area contributed by atoms with Crippen LogP contribution in [-0.2, 0) is 16.6 Å². The number of piperidine rings is 1. The number of ether oxygens (including phenoxy) is 1. The highest BCUT2D eigenvalue weighted by Crippen LogP contribution is 2.53. The maximum absolute atomic E-state index is 13.0. The van der Waals surface area contributed by atoms with E-state index in [9.17, 15) is 4.79 Å². The fourth-order valence-electron chi connectivity index (χ4n) is 5.35. The molecule has 6 heteroatoms. The molecule has 2 aromatic rings. The first kappa shape index (κ1) is 20.9. The van der Waals surface area contributed by atoms with Crippen molar-refractivity contribution in [3.63, 3.8) is 0 Å². The molecule has 1 aliphatic heterocycles. The van der Waals surface area contributed by atoms with E-state index in [2.05, 4.69) is 66.3 Å². The van der Waals surface area contributed by atoms with E-state index < -0.39 is 0 Å². The van der Waals surface area contributed by atoms with Crippen molar-refractivity contribution in [3.8, 4) is 0 Å². The summed E-state index contributed by atoms with van der Waals surface area (Å²) in [7, 11) is 3.67. The largest absolute Gasteiger partial charge is 0.469 e. The van der Waals surface area contributed by atoms with Crippen LogP contribution >= 0.6 is 23.5 Å². The molecule has 1 aliphatic carbocycles. The molecule has 156 valence electrons. The molecule has 0 unspecified atom stereocenters. The van der Waals surface area contributed by atoms with Gasteiger partial charge in [0.05, 0.1) is 23.7 Å². The number of carbonyl (C=O) groups is 1. The van der Waals surface area contributed by atoms with Crippen molar-refractivity contribution in [2.24, 2.45) is 13.0 Å². The van der Waals surface area contributed by atoms with E-state index in [4.69, 9.17) is 4.74 Å². The SMILES string of the molecule is C/C=C1/CN(CC(SC)SC)[C@@H]2C[C@H]1[C@H](C(=O)OC)c1c2n(C)c2ccccc12. The lowest BCUT2D eigenvalue weighted by Gasteiger charge is -2.48. The average Bonchev–Trinajstić information content (AvgIpc) is 3.05. The van der Waals surface area contributed by atoms with Crippen LogP contribution in [0.15, 0.2) is 35.9 Å². The molecule has 2 bridgehead atoms. The van der Waals surface area contributed by atoms with Crippen molar-refractivity contribution >= 4 is 40.4 Å². The van der Waals surface area contributed by atoms with Crippen molar-refractivity contribution in [2.45, 2.75) is 29.9 Å². The Morgan fingerprint density at radius 1 is 1.31 bits per heavy atom. The second-order valence-electron chi connectivity index (χ2n) is 7.93. The molecule has 4 rings (SSSR count). The number of esters is 1. The van der Waals surface area contributed by atoms with Crippen LogP contribution in [0.5, 0.6) is 0 Å². The number of methoxy groups -OCH3 is 1. The summed E-state index contributed by atoms with van der Waals surface area (Å²) in [4.78, 5) is 15.7. The standard InChI is InChI=1S/C23H30N2O2S2/c1-6-14-12-25(13-19(28-4)29-5)18-11-16(14)21(23(26)27-3)20-15-9-7-8-10-17(15)24(2)22(18)20/h6-10,16,18-19,21H,11-13H2,1-5H3/b14-6-/t16-,18-,21+/m1/s1. The number of fused-ring (bicyclic) bond motifs is 6. The van der Waals surface area contributed by atoms with Crippen LogP contribution in [0, 0.1) is 5.92 Å². The number of aromatic nitrogens is 1. The summed E-state index contributed by atoms with van der Waals surface area (Å²) in [6.07, 6.45) is 7.60. The Bertz CT molecular complexity index is 948. The minimum atomic E-state index is -0.220. The Labute approximate surface area is 182 Å². The van der Waals surface area contributed by atoms with Gasteiger partial charge >= 0.3 is 5.97 Å². The number of allylic oxidation sites excluding steroid dienone is 1. The third-order valence-corrected chi connectivity index (χ3v) is 9.24. The van der Waals surface area contributed by atoms with E-state index in [1.165, 1.54) is 34.8 Å². The summed E-state index contributed by atoms with van der Waals surface area (Å²) >= 11 is 3.85. The van der Waals surface area contributed by atoms with Crippen molar-refractivity contribution in [3.05, 3.63) is 47.2 Å². The normalized spacial score (nSPS) is 25.6. The van der Waals surface area contributed by atoms with Crippen LogP contribution in [0.1, 0.15) is 36.6 Å². The fourth-order valence-corrected chi connectivity index (χ4v) is 6.80.